The highest BCUT2D eigenvalue weighted by Gasteiger charge is 2.39. The number of carbonyl (C=O) groups excluding carboxylic acids is 2. The lowest BCUT2D eigenvalue weighted by Crippen LogP contribution is -2.46. The normalized spacial score (nSPS) is 14.0. The third-order valence-electron chi connectivity index (χ3n) is 3.67. The van der Waals surface area contributed by atoms with Gasteiger partial charge >= 0.3 is 0 Å². The molecule has 7 heteroatoms. The Balaban J connectivity index is 1.94. The van der Waals surface area contributed by atoms with Crippen molar-refractivity contribution < 1.29 is 14.0 Å². The summed E-state index contributed by atoms with van der Waals surface area (Å²) in [6.07, 6.45) is 0. The summed E-state index contributed by atoms with van der Waals surface area (Å²) in [5.41, 5.74) is 1.30. The predicted molar refractivity (Wildman–Crippen MR) is 96.3 cm³/mol. The molecule has 0 atom stereocenters. The monoisotopic (exact) mass is 357 g/mol. The largest absolute Gasteiger partial charge is 0.280 e. The Morgan fingerprint density at radius 1 is 1.08 bits per heavy atom. The fourth-order valence-corrected chi connectivity index (χ4v) is 3.18. The molecular formula is C18H16FN3O2S. The van der Waals surface area contributed by atoms with Gasteiger partial charge in [-0.2, -0.15) is 5.01 Å². The van der Waals surface area contributed by atoms with E-state index in [0.717, 1.165) is 5.01 Å². The highest BCUT2D eigenvalue weighted by atomic mass is 32.2. The number of amidine groups is 1. The molecule has 0 saturated heterocycles. The molecule has 2 aromatic carbocycles. The van der Waals surface area contributed by atoms with Gasteiger partial charge in [0.1, 0.15) is 5.82 Å². The molecule has 0 saturated carbocycles. The maximum atomic E-state index is 13.1. The van der Waals surface area contributed by atoms with Crippen LogP contribution in [0.1, 0.15) is 27.6 Å². The van der Waals surface area contributed by atoms with Gasteiger partial charge in [-0.15, -0.1) is 0 Å². The number of hydrogen-bond acceptors (Lipinski definition) is 4. The number of amides is 2. The smallest absolute Gasteiger partial charge is 0.267 e. The number of benzene rings is 2. The van der Waals surface area contributed by atoms with Gasteiger partial charge in [-0.3, -0.25) is 14.6 Å². The van der Waals surface area contributed by atoms with Crippen molar-refractivity contribution in [2.75, 3.05) is 12.8 Å². The first kappa shape index (κ1) is 17.2. The third-order valence-corrected chi connectivity index (χ3v) is 4.58. The van der Waals surface area contributed by atoms with Crippen molar-refractivity contribution in [1.82, 2.24) is 10.0 Å². The van der Waals surface area contributed by atoms with Gasteiger partial charge in [0.15, 0.2) is 5.17 Å². The minimum atomic E-state index is -0.383. The summed E-state index contributed by atoms with van der Waals surface area (Å²) in [7, 11) is 1.62. The second-order valence-electron chi connectivity index (χ2n) is 5.30. The first-order valence-corrected chi connectivity index (χ1v) is 8.70. The molecule has 128 valence electrons. The number of aliphatic imine (C=N–C) groups is 1. The maximum Gasteiger partial charge on any atom is 0.280 e. The molecule has 0 N–H and O–H groups in total. The number of imide groups is 1. The number of hydrazine groups is 1. The number of carbonyl (C=O) groups is 2. The lowest BCUT2D eigenvalue weighted by atomic mass is 10.1. The second kappa shape index (κ2) is 7.06. The molecule has 2 amide bonds. The van der Waals surface area contributed by atoms with E-state index < -0.39 is 0 Å². The van der Waals surface area contributed by atoms with Crippen molar-refractivity contribution >= 4 is 34.4 Å². The summed E-state index contributed by atoms with van der Waals surface area (Å²) in [6.45, 7) is 1.95. The van der Waals surface area contributed by atoms with Crippen molar-refractivity contribution in [1.29, 1.82) is 0 Å². The van der Waals surface area contributed by atoms with Gasteiger partial charge < -0.3 is 0 Å². The van der Waals surface area contributed by atoms with E-state index in [4.69, 9.17) is 0 Å². The molecule has 2 aromatic rings. The van der Waals surface area contributed by atoms with Crippen molar-refractivity contribution in [3.05, 3.63) is 65.5 Å². The van der Waals surface area contributed by atoms with Crippen LogP contribution in [0, 0.1) is 5.82 Å². The van der Waals surface area contributed by atoms with Crippen LogP contribution in [0.25, 0.3) is 0 Å². The highest BCUT2D eigenvalue weighted by molar-refractivity contribution is 8.13. The lowest BCUT2D eigenvalue weighted by molar-refractivity contribution is 0.0369. The minimum absolute atomic E-state index is 0.350. The lowest BCUT2D eigenvalue weighted by Gasteiger charge is -2.28. The molecule has 0 unspecified atom stereocenters. The molecule has 3 rings (SSSR count). The SMILES string of the molecule is CCSC(=Nc1ccc(F)cc1)N(C)N1C(=O)c2ccccc2C1=O. The van der Waals surface area contributed by atoms with Crippen molar-refractivity contribution in [2.45, 2.75) is 6.92 Å². The van der Waals surface area contributed by atoms with E-state index >= 15 is 0 Å². The molecule has 0 aromatic heterocycles. The van der Waals surface area contributed by atoms with E-state index in [1.54, 1.807) is 43.4 Å². The van der Waals surface area contributed by atoms with Gasteiger partial charge in [0.2, 0.25) is 0 Å². The maximum absolute atomic E-state index is 13.1. The van der Waals surface area contributed by atoms with Crippen LogP contribution >= 0.6 is 11.8 Å². The van der Waals surface area contributed by atoms with E-state index in [9.17, 15) is 14.0 Å². The van der Waals surface area contributed by atoms with Crippen molar-refractivity contribution in [2.24, 2.45) is 4.99 Å². The second-order valence-corrected chi connectivity index (χ2v) is 6.53. The van der Waals surface area contributed by atoms with E-state index in [2.05, 4.69) is 4.99 Å². The van der Waals surface area contributed by atoms with Crippen LogP contribution in [0.2, 0.25) is 0 Å². The Morgan fingerprint density at radius 2 is 1.64 bits per heavy atom. The zero-order valence-electron chi connectivity index (χ0n) is 13.8. The van der Waals surface area contributed by atoms with Crippen LogP contribution in [0.15, 0.2) is 53.5 Å². The van der Waals surface area contributed by atoms with E-state index in [0.29, 0.717) is 27.7 Å². The van der Waals surface area contributed by atoms with Crippen LogP contribution in [-0.2, 0) is 0 Å². The molecular weight excluding hydrogens is 341 g/mol. The summed E-state index contributed by atoms with van der Waals surface area (Å²) in [5.74, 6) is -0.413. The number of hydrogen-bond donors (Lipinski definition) is 0. The van der Waals surface area contributed by atoms with Crippen LogP contribution in [0.5, 0.6) is 0 Å². The topological polar surface area (TPSA) is 53.0 Å². The van der Waals surface area contributed by atoms with E-state index in [-0.39, 0.29) is 17.6 Å². The average molecular weight is 357 g/mol. The quantitative estimate of drug-likeness (QED) is 0.477. The average Bonchev–Trinajstić information content (AvgIpc) is 2.87. The van der Waals surface area contributed by atoms with Gasteiger partial charge in [-0.05, 0) is 42.2 Å². The highest BCUT2D eigenvalue weighted by Crippen LogP contribution is 2.26. The Morgan fingerprint density at radius 3 is 2.16 bits per heavy atom. The van der Waals surface area contributed by atoms with Gasteiger partial charge in [-0.1, -0.05) is 30.8 Å². The number of halogens is 1. The number of thioether (sulfide) groups is 1. The number of nitrogens with zero attached hydrogens (tertiary/aromatic N) is 3. The molecule has 5 nitrogen and oxygen atoms in total. The molecule has 1 aliphatic rings. The molecule has 0 fully saturated rings. The zero-order chi connectivity index (χ0) is 18.0. The molecule has 0 spiro atoms. The molecule has 0 aliphatic carbocycles. The van der Waals surface area contributed by atoms with Gasteiger partial charge in [0.05, 0.1) is 16.8 Å². The summed E-state index contributed by atoms with van der Waals surface area (Å²) in [5, 5.41) is 3.00. The van der Waals surface area contributed by atoms with E-state index in [1.165, 1.54) is 28.9 Å². The standard InChI is InChI=1S/C18H16FN3O2S/c1-3-25-18(20-13-10-8-12(19)9-11-13)21(2)22-16(23)14-6-4-5-7-15(14)17(22)24/h4-11H,3H2,1-2H3. The molecule has 25 heavy (non-hydrogen) atoms. The van der Waals surface area contributed by atoms with Gasteiger partial charge in [-0.25, -0.2) is 9.38 Å². The first-order chi connectivity index (χ1) is 12.0. The Bertz CT molecular complexity index is 817. The Labute approximate surface area is 149 Å². The Kier molecular flexibility index (Phi) is 4.85. The fourth-order valence-electron chi connectivity index (χ4n) is 2.49. The third kappa shape index (κ3) is 3.28. The summed E-state index contributed by atoms with van der Waals surface area (Å²) in [4.78, 5) is 29.7. The van der Waals surface area contributed by atoms with Crippen molar-refractivity contribution in [3.8, 4) is 0 Å². The van der Waals surface area contributed by atoms with Crippen molar-refractivity contribution in [3.63, 3.8) is 0 Å². The molecule has 1 aliphatic heterocycles. The van der Waals surface area contributed by atoms with Gasteiger partial charge in [0.25, 0.3) is 11.8 Å². The summed E-state index contributed by atoms with van der Waals surface area (Å²) < 4.78 is 13.1. The van der Waals surface area contributed by atoms with Crippen LogP contribution in [-0.4, -0.2) is 39.8 Å². The van der Waals surface area contributed by atoms with Crippen LogP contribution in [0.3, 0.4) is 0 Å². The minimum Gasteiger partial charge on any atom is -0.267 e. The van der Waals surface area contributed by atoms with Crippen LogP contribution in [0.4, 0.5) is 10.1 Å². The zero-order valence-corrected chi connectivity index (χ0v) is 14.6. The predicted octanol–water partition coefficient (Wildman–Crippen LogP) is 3.71. The number of fused-ring (bicyclic) bond motifs is 1. The van der Waals surface area contributed by atoms with Gasteiger partial charge in [0, 0.05) is 7.05 Å². The summed E-state index contributed by atoms with van der Waals surface area (Å²) >= 11 is 1.39. The summed E-state index contributed by atoms with van der Waals surface area (Å²) in [6, 6.07) is 12.4. The van der Waals surface area contributed by atoms with Crippen LogP contribution < -0.4 is 0 Å². The molecule has 0 bridgehead atoms. The molecule has 0 radical (unpaired) electrons. The van der Waals surface area contributed by atoms with E-state index in [1.807, 2.05) is 6.92 Å². The first-order valence-electron chi connectivity index (χ1n) is 7.71. The number of rotatable bonds is 3. The molecule has 1 heterocycles. The fraction of sp³-hybridized carbons (Fsp3) is 0.167. The Hall–Kier alpha value is -2.67.